The summed E-state index contributed by atoms with van der Waals surface area (Å²) in [5, 5.41) is 3.20. The highest BCUT2D eigenvalue weighted by Gasteiger charge is 2.19. The molecule has 5 heteroatoms. The van der Waals surface area contributed by atoms with Crippen molar-refractivity contribution in [3.05, 3.63) is 17.8 Å². The van der Waals surface area contributed by atoms with Crippen molar-refractivity contribution in [2.45, 2.75) is 0 Å². The molecular formula is C9H14N4O. The second kappa shape index (κ2) is 3.71. The molecule has 0 atom stereocenters. The van der Waals surface area contributed by atoms with Gasteiger partial charge >= 0.3 is 0 Å². The first kappa shape index (κ1) is 9.08. The second-order valence-corrected chi connectivity index (χ2v) is 3.35. The van der Waals surface area contributed by atoms with Crippen LogP contribution in [-0.4, -0.2) is 42.0 Å². The van der Waals surface area contributed by atoms with Gasteiger partial charge in [-0.2, -0.15) is 0 Å². The summed E-state index contributed by atoms with van der Waals surface area (Å²) < 4.78 is 0. The number of hydrogen-bond donors (Lipinski definition) is 3. The summed E-state index contributed by atoms with van der Waals surface area (Å²) in [5.41, 5.74) is 6.21. The molecule has 1 aromatic heterocycles. The molecule has 0 aliphatic carbocycles. The van der Waals surface area contributed by atoms with E-state index in [4.69, 9.17) is 5.73 Å². The van der Waals surface area contributed by atoms with Crippen molar-refractivity contribution < 1.29 is 4.79 Å². The Morgan fingerprint density at radius 3 is 2.71 bits per heavy atom. The number of aromatic amines is 1. The van der Waals surface area contributed by atoms with E-state index in [0.29, 0.717) is 11.4 Å². The van der Waals surface area contributed by atoms with Gasteiger partial charge in [-0.3, -0.25) is 4.79 Å². The van der Waals surface area contributed by atoms with E-state index >= 15 is 0 Å². The first-order chi connectivity index (χ1) is 6.79. The molecule has 0 saturated carbocycles. The minimum absolute atomic E-state index is 0.0188. The molecule has 1 amide bonds. The zero-order chi connectivity index (χ0) is 9.97. The van der Waals surface area contributed by atoms with Gasteiger partial charge in [0.15, 0.2) is 0 Å². The molecule has 1 saturated heterocycles. The number of hydrogen-bond acceptors (Lipinski definition) is 3. The number of nitrogens with zero attached hydrogens (tertiary/aromatic N) is 1. The first-order valence-corrected chi connectivity index (χ1v) is 4.72. The van der Waals surface area contributed by atoms with E-state index in [-0.39, 0.29) is 5.91 Å². The highest BCUT2D eigenvalue weighted by molar-refractivity contribution is 5.98. The Labute approximate surface area is 82.3 Å². The Balaban J connectivity index is 2.11. The Morgan fingerprint density at radius 2 is 2.14 bits per heavy atom. The maximum absolute atomic E-state index is 11.9. The third kappa shape index (κ3) is 1.58. The van der Waals surface area contributed by atoms with E-state index in [2.05, 4.69) is 10.3 Å². The van der Waals surface area contributed by atoms with Crippen LogP contribution in [0.15, 0.2) is 12.3 Å². The van der Waals surface area contributed by atoms with Gasteiger partial charge in [0.1, 0.15) is 5.82 Å². The summed E-state index contributed by atoms with van der Waals surface area (Å²) in [6.07, 6.45) is 1.69. The molecular weight excluding hydrogens is 180 g/mol. The van der Waals surface area contributed by atoms with Crippen LogP contribution in [0.5, 0.6) is 0 Å². The van der Waals surface area contributed by atoms with E-state index in [9.17, 15) is 4.79 Å². The molecule has 14 heavy (non-hydrogen) atoms. The number of H-pyrrole nitrogens is 1. The molecule has 1 fully saturated rings. The minimum Gasteiger partial charge on any atom is -0.385 e. The normalized spacial score (nSPS) is 17.0. The molecule has 5 nitrogen and oxygen atoms in total. The number of nitrogens with one attached hydrogen (secondary N) is 2. The smallest absolute Gasteiger partial charge is 0.257 e. The van der Waals surface area contributed by atoms with Gasteiger partial charge in [0.2, 0.25) is 0 Å². The van der Waals surface area contributed by atoms with E-state index in [1.165, 1.54) is 0 Å². The fourth-order valence-electron chi connectivity index (χ4n) is 1.61. The molecule has 2 heterocycles. The molecule has 1 aliphatic rings. The summed E-state index contributed by atoms with van der Waals surface area (Å²) in [6, 6.07) is 1.72. The summed E-state index contributed by atoms with van der Waals surface area (Å²) in [7, 11) is 0. The number of anilines is 1. The third-order valence-electron chi connectivity index (χ3n) is 2.41. The van der Waals surface area contributed by atoms with Gasteiger partial charge in [0, 0.05) is 32.4 Å². The van der Waals surface area contributed by atoms with Gasteiger partial charge in [-0.15, -0.1) is 0 Å². The van der Waals surface area contributed by atoms with Crippen LogP contribution in [0.3, 0.4) is 0 Å². The van der Waals surface area contributed by atoms with E-state index < -0.39 is 0 Å². The molecule has 4 N–H and O–H groups in total. The number of piperazine rings is 1. The fraction of sp³-hybridized carbons (Fsp3) is 0.444. The highest BCUT2D eigenvalue weighted by Crippen LogP contribution is 2.12. The number of rotatable bonds is 1. The molecule has 0 spiro atoms. The number of carbonyl (C=O) groups excluding carboxylic acids is 1. The van der Waals surface area contributed by atoms with Crippen molar-refractivity contribution in [3.8, 4) is 0 Å². The van der Waals surface area contributed by atoms with Crippen LogP contribution in [0, 0.1) is 0 Å². The van der Waals surface area contributed by atoms with Crippen molar-refractivity contribution >= 4 is 11.7 Å². The van der Waals surface area contributed by atoms with Gasteiger partial charge in [-0.1, -0.05) is 0 Å². The van der Waals surface area contributed by atoms with Crippen LogP contribution in [0.1, 0.15) is 10.4 Å². The SMILES string of the molecule is Nc1[nH]ccc1C(=O)N1CCNCC1. The van der Waals surface area contributed by atoms with E-state index in [1.807, 2.05) is 4.90 Å². The lowest BCUT2D eigenvalue weighted by Gasteiger charge is -2.27. The van der Waals surface area contributed by atoms with Gasteiger partial charge in [-0.05, 0) is 6.07 Å². The van der Waals surface area contributed by atoms with Crippen molar-refractivity contribution in [1.29, 1.82) is 0 Å². The summed E-state index contributed by atoms with van der Waals surface area (Å²) in [5.74, 6) is 0.471. The number of nitrogen functional groups attached to an aromatic ring is 1. The average Bonchev–Trinajstić information content (AvgIpc) is 2.65. The number of amides is 1. The lowest BCUT2D eigenvalue weighted by Crippen LogP contribution is -2.46. The van der Waals surface area contributed by atoms with Crippen molar-refractivity contribution in [3.63, 3.8) is 0 Å². The lowest BCUT2D eigenvalue weighted by molar-refractivity contribution is 0.0737. The van der Waals surface area contributed by atoms with Crippen LogP contribution in [0.4, 0.5) is 5.82 Å². The molecule has 0 unspecified atom stereocenters. The Bertz CT molecular complexity index is 327. The molecule has 0 bridgehead atoms. The Hall–Kier alpha value is -1.49. The molecule has 0 aromatic carbocycles. The van der Waals surface area contributed by atoms with Crippen LogP contribution in [0.25, 0.3) is 0 Å². The van der Waals surface area contributed by atoms with Crippen LogP contribution in [-0.2, 0) is 0 Å². The zero-order valence-electron chi connectivity index (χ0n) is 7.92. The topological polar surface area (TPSA) is 74.2 Å². The Morgan fingerprint density at radius 1 is 1.43 bits per heavy atom. The van der Waals surface area contributed by atoms with Gasteiger partial charge in [0.05, 0.1) is 5.56 Å². The molecule has 0 radical (unpaired) electrons. The quantitative estimate of drug-likeness (QED) is 0.571. The molecule has 1 aliphatic heterocycles. The standard InChI is InChI=1S/C9H14N4O/c10-8-7(1-2-12-8)9(14)13-5-3-11-4-6-13/h1-2,11-12H,3-6,10H2. The van der Waals surface area contributed by atoms with Crippen molar-refractivity contribution in [1.82, 2.24) is 15.2 Å². The molecule has 1 aromatic rings. The molecule has 2 rings (SSSR count). The maximum atomic E-state index is 11.9. The largest absolute Gasteiger partial charge is 0.385 e. The fourth-order valence-corrected chi connectivity index (χ4v) is 1.61. The summed E-state index contributed by atoms with van der Waals surface area (Å²) in [6.45, 7) is 3.22. The lowest BCUT2D eigenvalue weighted by atomic mass is 10.2. The zero-order valence-corrected chi connectivity index (χ0v) is 7.92. The van der Waals surface area contributed by atoms with Crippen molar-refractivity contribution in [2.24, 2.45) is 0 Å². The summed E-state index contributed by atoms with van der Waals surface area (Å²) in [4.78, 5) is 16.5. The monoisotopic (exact) mass is 194 g/mol. The Kier molecular flexibility index (Phi) is 2.41. The number of carbonyl (C=O) groups is 1. The van der Waals surface area contributed by atoms with Crippen molar-refractivity contribution in [2.75, 3.05) is 31.9 Å². The third-order valence-corrected chi connectivity index (χ3v) is 2.41. The van der Waals surface area contributed by atoms with Gasteiger partial charge in [0.25, 0.3) is 5.91 Å². The first-order valence-electron chi connectivity index (χ1n) is 4.72. The second-order valence-electron chi connectivity index (χ2n) is 3.35. The average molecular weight is 194 g/mol. The van der Waals surface area contributed by atoms with E-state index in [1.54, 1.807) is 12.3 Å². The predicted molar refractivity (Wildman–Crippen MR) is 54.0 cm³/mol. The van der Waals surface area contributed by atoms with Gasteiger partial charge in [-0.25, -0.2) is 0 Å². The van der Waals surface area contributed by atoms with E-state index in [0.717, 1.165) is 26.2 Å². The number of nitrogens with two attached hydrogens (primary N) is 1. The predicted octanol–water partition coefficient (Wildman–Crippen LogP) is -0.358. The maximum Gasteiger partial charge on any atom is 0.257 e. The van der Waals surface area contributed by atoms with Gasteiger partial charge < -0.3 is 20.9 Å². The van der Waals surface area contributed by atoms with Crippen LogP contribution < -0.4 is 11.1 Å². The molecule has 76 valence electrons. The minimum atomic E-state index is 0.0188. The number of aromatic nitrogens is 1. The summed E-state index contributed by atoms with van der Waals surface area (Å²) >= 11 is 0. The van der Waals surface area contributed by atoms with Crippen LogP contribution in [0.2, 0.25) is 0 Å². The highest BCUT2D eigenvalue weighted by atomic mass is 16.2. The van der Waals surface area contributed by atoms with Crippen LogP contribution >= 0.6 is 0 Å².